The summed E-state index contributed by atoms with van der Waals surface area (Å²) in [5.41, 5.74) is 0. The van der Waals surface area contributed by atoms with Gasteiger partial charge in [0, 0.05) is 13.0 Å². The van der Waals surface area contributed by atoms with Crippen LogP contribution in [0.5, 0.6) is 0 Å². The molecule has 16 heavy (non-hydrogen) atoms. The molecule has 88 valence electrons. The lowest BCUT2D eigenvalue weighted by Crippen LogP contribution is -2.30. The van der Waals surface area contributed by atoms with Crippen LogP contribution in [0.15, 0.2) is 40.2 Å². The van der Waals surface area contributed by atoms with Crippen molar-refractivity contribution in [1.29, 1.82) is 0 Å². The minimum Gasteiger partial charge on any atom is -0.272 e. The third-order valence-corrected chi connectivity index (χ3v) is 3.39. The molecule has 0 aliphatic carbocycles. The summed E-state index contributed by atoms with van der Waals surface area (Å²) in [6, 6.07) is 8.28. The van der Waals surface area contributed by atoms with E-state index in [2.05, 4.69) is 9.71 Å². The lowest BCUT2D eigenvalue weighted by Gasteiger charge is -2.08. The Hall–Kier alpha value is -1.36. The van der Waals surface area contributed by atoms with E-state index in [0.717, 1.165) is 0 Å². The summed E-state index contributed by atoms with van der Waals surface area (Å²) < 4.78 is 26.3. The summed E-state index contributed by atoms with van der Waals surface area (Å²) in [5, 5.41) is 0. The first kappa shape index (κ1) is 12.7. The Morgan fingerprint density at radius 1 is 1.25 bits per heavy atom. The molecule has 1 aromatic rings. The number of rotatable bonds is 4. The van der Waals surface area contributed by atoms with Crippen LogP contribution in [0.25, 0.3) is 0 Å². The second-order valence-electron chi connectivity index (χ2n) is 3.19. The van der Waals surface area contributed by atoms with E-state index in [4.69, 9.17) is 0 Å². The van der Waals surface area contributed by atoms with Crippen LogP contribution in [0, 0.1) is 0 Å². The van der Waals surface area contributed by atoms with Gasteiger partial charge in [-0.2, -0.15) is 0 Å². The van der Waals surface area contributed by atoms with Gasteiger partial charge in [-0.15, -0.1) is 0 Å². The molecule has 0 saturated carbocycles. The first-order chi connectivity index (χ1) is 7.60. The number of benzene rings is 1. The predicted molar refractivity (Wildman–Crippen MR) is 65.0 cm³/mol. The molecule has 0 unspecified atom stereocenters. The van der Waals surface area contributed by atoms with E-state index in [-0.39, 0.29) is 4.90 Å². The van der Waals surface area contributed by atoms with E-state index < -0.39 is 10.0 Å². The molecule has 0 heterocycles. The van der Waals surface area contributed by atoms with Crippen LogP contribution in [0.4, 0.5) is 0 Å². The summed E-state index contributed by atoms with van der Waals surface area (Å²) in [4.78, 5) is 4.34. The highest BCUT2D eigenvalue weighted by Gasteiger charge is 2.14. The Morgan fingerprint density at radius 3 is 2.38 bits per heavy atom. The topological polar surface area (TPSA) is 58.5 Å². The number of nitrogens with zero attached hydrogens (tertiary/aromatic N) is 1. The highest BCUT2D eigenvalue weighted by atomic mass is 32.2. The largest absolute Gasteiger partial charge is 0.272 e. The number of nitrogens with one attached hydrogen (secondary N) is 1. The van der Waals surface area contributed by atoms with Gasteiger partial charge in [0.2, 0.25) is 0 Å². The Morgan fingerprint density at radius 2 is 1.88 bits per heavy atom. The second-order valence-corrected chi connectivity index (χ2v) is 4.88. The number of aliphatic imine (C=N–C) groups is 1. The van der Waals surface area contributed by atoms with Crippen molar-refractivity contribution in [3.05, 3.63) is 30.3 Å². The van der Waals surface area contributed by atoms with E-state index in [1.54, 1.807) is 30.3 Å². The van der Waals surface area contributed by atoms with Crippen LogP contribution in [0.3, 0.4) is 0 Å². The fraction of sp³-hybridized carbons (Fsp3) is 0.364. The molecule has 0 aliphatic heterocycles. The molecule has 0 bridgehead atoms. The highest BCUT2D eigenvalue weighted by molar-refractivity contribution is 7.90. The van der Waals surface area contributed by atoms with Crippen molar-refractivity contribution in [2.45, 2.75) is 25.2 Å². The molecule has 0 fully saturated rings. The number of hydrogen-bond acceptors (Lipinski definition) is 3. The van der Waals surface area contributed by atoms with E-state index >= 15 is 0 Å². The molecule has 0 atom stereocenters. The Kier molecular flexibility index (Phi) is 4.49. The van der Waals surface area contributed by atoms with Gasteiger partial charge in [0.05, 0.1) is 4.90 Å². The molecular weight excluding hydrogens is 224 g/mol. The fourth-order valence-corrected chi connectivity index (χ4v) is 2.37. The Balaban J connectivity index is 2.92. The summed E-state index contributed by atoms with van der Waals surface area (Å²) in [6.45, 7) is 4.30. The molecule has 1 N–H and O–H groups in total. The van der Waals surface area contributed by atoms with Crippen LogP contribution in [-0.2, 0) is 10.0 Å². The summed E-state index contributed by atoms with van der Waals surface area (Å²) in [6.07, 6.45) is 0.569. The molecule has 0 spiro atoms. The van der Waals surface area contributed by atoms with Crippen molar-refractivity contribution in [1.82, 2.24) is 4.72 Å². The summed E-state index contributed by atoms with van der Waals surface area (Å²) in [5.74, 6) is 0.492. The number of hydrogen-bond donors (Lipinski definition) is 1. The zero-order valence-corrected chi connectivity index (χ0v) is 10.3. The van der Waals surface area contributed by atoms with E-state index in [1.807, 2.05) is 13.8 Å². The molecule has 5 heteroatoms. The molecular formula is C11H16N2O2S. The zero-order chi connectivity index (χ0) is 12.0. The molecule has 0 amide bonds. The van der Waals surface area contributed by atoms with Crippen molar-refractivity contribution in [3.63, 3.8) is 0 Å². The number of sulfonamides is 1. The molecule has 0 saturated heterocycles. The molecule has 0 radical (unpaired) electrons. The van der Waals surface area contributed by atoms with E-state index in [9.17, 15) is 8.42 Å². The Bertz CT molecular complexity index is 452. The zero-order valence-electron chi connectivity index (χ0n) is 9.47. The van der Waals surface area contributed by atoms with Crippen LogP contribution in [0.2, 0.25) is 0 Å². The molecule has 1 rings (SSSR count). The van der Waals surface area contributed by atoms with Crippen LogP contribution >= 0.6 is 0 Å². The normalized spacial score (nSPS) is 12.5. The van der Waals surface area contributed by atoms with Crippen LogP contribution in [0.1, 0.15) is 20.3 Å². The van der Waals surface area contributed by atoms with Gasteiger partial charge in [-0.1, -0.05) is 25.1 Å². The lowest BCUT2D eigenvalue weighted by atomic mass is 10.4. The van der Waals surface area contributed by atoms with Crippen molar-refractivity contribution in [2.75, 3.05) is 6.54 Å². The van der Waals surface area contributed by atoms with Gasteiger partial charge in [-0.3, -0.25) is 9.71 Å². The Labute approximate surface area is 96.5 Å². The summed E-state index contributed by atoms with van der Waals surface area (Å²) >= 11 is 0. The minimum absolute atomic E-state index is 0.257. The van der Waals surface area contributed by atoms with Gasteiger partial charge in [0.25, 0.3) is 10.0 Å². The van der Waals surface area contributed by atoms with Crippen LogP contribution < -0.4 is 4.72 Å². The predicted octanol–water partition coefficient (Wildman–Crippen LogP) is 1.79. The maximum Gasteiger partial charge on any atom is 0.262 e. The smallest absolute Gasteiger partial charge is 0.262 e. The maximum atomic E-state index is 11.9. The average molecular weight is 240 g/mol. The van der Waals surface area contributed by atoms with Crippen molar-refractivity contribution in [3.8, 4) is 0 Å². The van der Waals surface area contributed by atoms with E-state index in [1.165, 1.54) is 0 Å². The fourth-order valence-electron chi connectivity index (χ4n) is 1.22. The van der Waals surface area contributed by atoms with Gasteiger partial charge in [-0.05, 0) is 19.1 Å². The van der Waals surface area contributed by atoms with Gasteiger partial charge < -0.3 is 0 Å². The minimum atomic E-state index is -3.47. The van der Waals surface area contributed by atoms with Crippen LogP contribution in [-0.4, -0.2) is 20.8 Å². The van der Waals surface area contributed by atoms with Gasteiger partial charge >= 0.3 is 0 Å². The molecule has 0 aliphatic rings. The third kappa shape index (κ3) is 3.34. The van der Waals surface area contributed by atoms with Crippen molar-refractivity contribution >= 4 is 15.9 Å². The highest BCUT2D eigenvalue weighted by Crippen LogP contribution is 2.07. The number of amidine groups is 1. The second kappa shape index (κ2) is 5.65. The first-order valence-corrected chi connectivity index (χ1v) is 6.69. The van der Waals surface area contributed by atoms with Crippen molar-refractivity contribution < 1.29 is 8.42 Å². The quantitative estimate of drug-likeness (QED) is 0.644. The first-order valence-electron chi connectivity index (χ1n) is 5.21. The lowest BCUT2D eigenvalue weighted by molar-refractivity contribution is 0.592. The van der Waals surface area contributed by atoms with Gasteiger partial charge in [0.15, 0.2) is 0 Å². The standard InChI is InChI=1S/C11H16N2O2S/c1-3-11(12-4-2)13-16(14,15)10-8-6-5-7-9-10/h5-9H,3-4H2,1-2H3,(H,12,13). The maximum absolute atomic E-state index is 11.9. The van der Waals surface area contributed by atoms with Crippen molar-refractivity contribution in [2.24, 2.45) is 4.99 Å². The van der Waals surface area contributed by atoms with Gasteiger partial charge in [0.1, 0.15) is 5.84 Å². The summed E-state index contributed by atoms with van der Waals surface area (Å²) in [7, 11) is -3.47. The molecule has 4 nitrogen and oxygen atoms in total. The molecule has 0 aromatic heterocycles. The third-order valence-electron chi connectivity index (χ3n) is 1.99. The molecule has 1 aromatic carbocycles. The van der Waals surface area contributed by atoms with E-state index in [0.29, 0.717) is 18.8 Å². The monoisotopic (exact) mass is 240 g/mol. The average Bonchev–Trinajstić information content (AvgIpc) is 2.29. The van der Waals surface area contributed by atoms with Gasteiger partial charge in [-0.25, -0.2) is 8.42 Å². The SMILES string of the molecule is CC/N=C(\CC)NS(=O)(=O)c1ccccc1.